The van der Waals surface area contributed by atoms with E-state index in [0.29, 0.717) is 17.6 Å². The molecule has 0 unspecified atom stereocenters. The molecular formula is C11H12FN3OS. The highest BCUT2D eigenvalue weighted by Gasteiger charge is 2.09. The molecule has 4 nitrogen and oxygen atoms in total. The van der Waals surface area contributed by atoms with Gasteiger partial charge in [-0.15, -0.1) is 0 Å². The number of halogens is 1. The summed E-state index contributed by atoms with van der Waals surface area (Å²) in [6.07, 6.45) is 0.731. The van der Waals surface area contributed by atoms with Gasteiger partial charge in [0.25, 0.3) is 5.19 Å². The first-order valence-electron chi connectivity index (χ1n) is 5.22. The molecule has 0 bridgehead atoms. The number of rotatable bonds is 4. The Morgan fingerprint density at radius 1 is 1.47 bits per heavy atom. The highest BCUT2D eigenvalue weighted by molar-refractivity contribution is 7.07. The van der Waals surface area contributed by atoms with E-state index in [4.69, 9.17) is 10.5 Å². The molecule has 0 aliphatic carbocycles. The summed E-state index contributed by atoms with van der Waals surface area (Å²) >= 11 is 1.11. The fraction of sp³-hybridized carbons (Fsp3) is 0.273. The van der Waals surface area contributed by atoms with Crippen LogP contribution in [-0.4, -0.2) is 9.36 Å². The number of aromatic nitrogens is 2. The lowest BCUT2D eigenvalue weighted by molar-refractivity contribution is 0.438. The van der Waals surface area contributed by atoms with Crippen molar-refractivity contribution in [3.63, 3.8) is 0 Å². The smallest absolute Gasteiger partial charge is 0.298 e. The van der Waals surface area contributed by atoms with Crippen LogP contribution in [0.3, 0.4) is 0 Å². The Balaban J connectivity index is 2.18. The second kappa shape index (κ2) is 5.20. The monoisotopic (exact) mass is 253 g/mol. The third-order valence-corrected chi connectivity index (χ3v) is 2.83. The van der Waals surface area contributed by atoms with Crippen molar-refractivity contribution in [2.75, 3.05) is 0 Å². The van der Waals surface area contributed by atoms with E-state index in [1.165, 1.54) is 6.07 Å². The third-order valence-electron chi connectivity index (χ3n) is 2.19. The van der Waals surface area contributed by atoms with Crippen molar-refractivity contribution < 1.29 is 9.13 Å². The second-order valence-electron chi connectivity index (χ2n) is 3.40. The lowest BCUT2D eigenvalue weighted by Crippen LogP contribution is -1.97. The molecule has 0 saturated heterocycles. The molecule has 1 heterocycles. The number of nitrogens with zero attached hydrogens (tertiary/aromatic N) is 2. The summed E-state index contributed by atoms with van der Waals surface area (Å²) in [6, 6.07) is 4.63. The Morgan fingerprint density at radius 2 is 2.29 bits per heavy atom. The van der Waals surface area contributed by atoms with E-state index in [1.54, 1.807) is 12.1 Å². The highest BCUT2D eigenvalue weighted by Crippen LogP contribution is 2.26. The Morgan fingerprint density at radius 3 is 2.88 bits per heavy atom. The molecule has 17 heavy (non-hydrogen) atoms. The van der Waals surface area contributed by atoms with Crippen molar-refractivity contribution in [3.05, 3.63) is 35.4 Å². The van der Waals surface area contributed by atoms with Gasteiger partial charge < -0.3 is 10.5 Å². The average Bonchev–Trinajstić information content (AvgIpc) is 2.79. The molecule has 0 fully saturated rings. The minimum atomic E-state index is -0.443. The van der Waals surface area contributed by atoms with Gasteiger partial charge in [0, 0.05) is 24.5 Å². The summed E-state index contributed by atoms with van der Waals surface area (Å²) in [4.78, 5) is 4.10. The summed E-state index contributed by atoms with van der Waals surface area (Å²) in [5, 5.41) is 0.348. The van der Waals surface area contributed by atoms with Gasteiger partial charge in [-0.25, -0.2) is 4.39 Å². The lowest BCUT2D eigenvalue weighted by atomic mass is 10.2. The molecule has 0 atom stereocenters. The first-order chi connectivity index (χ1) is 8.22. The van der Waals surface area contributed by atoms with E-state index in [-0.39, 0.29) is 5.75 Å². The van der Waals surface area contributed by atoms with Crippen LogP contribution in [0, 0.1) is 5.82 Å². The van der Waals surface area contributed by atoms with E-state index in [9.17, 15) is 4.39 Å². The van der Waals surface area contributed by atoms with E-state index < -0.39 is 5.82 Å². The molecule has 90 valence electrons. The topological polar surface area (TPSA) is 61.0 Å². The molecule has 2 N–H and O–H groups in total. The van der Waals surface area contributed by atoms with Gasteiger partial charge in [0.1, 0.15) is 5.82 Å². The van der Waals surface area contributed by atoms with Crippen molar-refractivity contribution in [1.29, 1.82) is 0 Å². The van der Waals surface area contributed by atoms with Crippen LogP contribution < -0.4 is 10.5 Å². The van der Waals surface area contributed by atoms with Crippen molar-refractivity contribution in [1.82, 2.24) is 9.36 Å². The zero-order chi connectivity index (χ0) is 12.3. The maximum atomic E-state index is 13.6. The van der Waals surface area contributed by atoms with E-state index >= 15 is 0 Å². The SMILES string of the molecule is CCc1nsc(Oc2ccc(CN)cc2F)n1. The highest BCUT2D eigenvalue weighted by atomic mass is 32.1. The van der Waals surface area contributed by atoms with Crippen molar-refractivity contribution in [2.24, 2.45) is 5.73 Å². The zero-order valence-electron chi connectivity index (χ0n) is 9.31. The summed E-state index contributed by atoms with van der Waals surface area (Å²) in [5.41, 5.74) is 6.14. The minimum Gasteiger partial charge on any atom is -0.427 e. The van der Waals surface area contributed by atoms with E-state index in [0.717, 1.165) is 23.5 Å². The summed E-state index contributed by atoms with van der Waals surface area (Å²) in [7, 11) is 0. The van der Waals surface area contributed by atoms with Gasteiger partial charge in [0.2, 0.25) is 0 Å². The molecule has 6 heteroatoms. The Hall–Kier alpha value is -1.53. The number of nitrogens with two attached hydrogens (primary N) is 1. The number of aryl methyl sites for hydroxylation is 1. The fourth-order valence-corrected chi connectivity index (χ4v) is 1.90. The molecule has 0 aliphatic heterocycles. The summed E-state index contributed by atoms with van der Waals surface area (Å²) < 4.78 is 23.0. The van der Waals surface area contributed by atoms with Crippen LogP contribution >= 0.6 is 11.5 Å². The van der Waals surface area contributed by atoms with Gasteiger partial charge >= 0.3 is 0 Å². The lowest BCUT2D eigenvalue weighted by Gasteiger charge is -2.04. The molecule has 0 amide bonds. The van der Waals surface area contributed by atoms with E-state index in [2.05, 4.69) is 9.36 Å². The van der Waals surface area contributed by atoms with Crippen molar-refractivity contribution in [3.8, 4) is 10.9 Å². The zero-order valence-corrected chi connectivity index (χ0v) is 10.1. The standard InChI is InChI=1S/C11H12FN3OS/c1-2-10-14-11(17-15-10)16-9-4-3-7(6-13)5-8(9)12/h3-5H,2,6,13H2,1H3. The summed E-state index contributed by atoms with van der Waals surface area (Å²) in [6.45, 7) is 2.25. The number of hydrogen-bond acceptors (Lipinski definition) is 5. The molecule has 0 spiro atoms. The predicted octanol–water partition coefficient (Wildman–Crippen LogP) is 2.49. The van der Waals surface area contributed by atoms with Crippen LogP contribution in [0.1, 0.15) is 18.3 Å². The second-order valence-corrected chi connectivity index (χ2v) is 4.12. The van der Waals surface area contributed by atoms with Crippen LogP contribution in [0.5, 0.6) is 10.9 Å². The number of ether oxygens (including phenoxy) is 1. The van der Waals surface area contributed by atoms with Crippen LogP contribution in [0.25, 0.3) is 0 Å². The maximum Gasteiger partial charge on any atom is 0.298 e. The van der Waals surface area contributed by atoms with Gasteiger partial charge in [0.05, 0.1) is 0 Å². The predicted molar refractivity (Wildman–Crippen MR) is 63.7 cm³/mol. The van der Waals surface area contributed by atoms with Gasteiger partial charge in [-0.05, 0) is 17.7 Å². The average molecular weight is 253 g/mol. The van der Waals surface area contributed by atoms with Crippen molar-refractivity contribution in [2.45, 2.75) is 19.9 Å². The van der Waals surface area contributed by atoms with Gasteiger partial charge in [-0.1, -0.05) is 13.0 Å². The van der Waals surface area contributed by atoms with E-state index in [1.807, 2.05) is 6.92 Å². The number of benzene rings is 1. The van der Waals surface area contributed by atoms with Crippen LogP contribution in [0.4, 0.5) is 4.39 Å². The molecule has 0 aliphatic rings. The fourth-order valence-electron chi connectivity index (χ4n) is 1.27. The van der Waals surface area contributed by atoms with Crippen LogP contribution in [0.2, 0.25) is 0 Å². The number of hydrogen-bond donors (Lipinski definition) is 1. The first kappa shape index (κ1) is 11.9. The normalized spacial score (nSPS) is 10.5. The quantitative estimate of drug-likeness (QED) is 0.909. The Kier molecular flexibility index (Phi) is 3.65. The van der Waals surface area contributed by atoms with Gasteiger partial charge in [0.15, 0.2) is 11.6 Å². The van der Waals surface area contributed by atoms with Gasteiger partial charge in [-0.2, -0.15) is 9.36 Å². The molecule has 0 radical (unpaired) electrons. The van der Waals surface area contributed by atoms with Crippen LogP contribution in [0.15, 0.2) is 18.2 Å². The molecule has 1 aromatic heterocycles. The van der Waals surface area contributed by atoms with Crippen molar-refractivity contribution >= 4 is 11.5 Å². The van der Waals surface area contributed by atoms with Gasteiger partial charge in [-0.3, -0.25) is 0 Å². The third kappa shape index (κ3) is 2.78. The molecule has 2 aromatic rings. The molecule has 1 aromatic carbocycles. The molecule has 0 saturated carbocycles. The molecule has 2 rings (SSSR count). The largest absolute Gasteiger partial charge is 0.427 e. The summed E-state index contributed by atoms with van der Waals surface area (Å²) in [5.74, 6) is 0.395. The minimum absolute atomic E-state index is 0.140. The Labute approximate surface area is 102 Å². The Bertz CT molecular complexity index is 515. The van der Waals surface area contributed by atoms with Crippen LogP contribution in [-0.2, 0) is 13.0 Å². The first-order valence-corrected chi connectivity index (χ1v) is 5.99. The molecular weight excluding hydrogens is 241 g/mol. The maximum absolute atomic E-state index is 13.6.